The Balaban J connectivity index is 2.72. The molecule has 1 aromatic rings. The number of carbonyl (C=O) groups is 2. The van der Waals surface area contributed by atoms with Crippen molar-refractivity contribution in [1.82, 2.24) is 5.32 Å². The second kappa shape index (κ2) is 6.91. The minimum Gasteiger partial charge on any atom is -0.478 e. The smallest absolute Gasteiger partial charge is 0.338 e. The van der Waals surface area contributed by atoms with E-state index in [1.807, 2.05) is 20.8 Å². The van der Waals surface area contributed by atoms with Gasteiger partial charge in [0.2, 0.25) is 0 Å². The zero-order valence-electron chi connectivity index (χ0n) is 12.7. The van der Waals surface area contributed by atoms with E-state index in [2.05, 4.69) is 10.6 Å². The maximum atomic E-state index is 11.9. The maximum absolute atomic E-state index is 11.9. The first-order chi connectivity index (χ1) is 9.68. The van der Waals surface area contributed by atoms with E-state index >= 15 is 0 Å². The Morgan fingerprint density at radius 1 is 1.29 bits per heavy atom. The van der Waals surface area contributed by atoms with Crippen molar-refractivity contribution in [3.8, 4) is 0 Å². The molecule has 0 aliphatic carbocycles. The lowest BCUT2D eigenvalue weighted by atomic mass is 9.90. The first-order valence-electron chi connectivity index (χ1n) is 6.67. The number of carbonyl (C=O) groups excluding carboxylic acids is 1. The number of carboxylic acids is 1. The number of aliphatic hydroxyl groups excluding tert-OH is 1. The average Bonchev–Trinajstić information content (AvgIpc) is 2.62. The predicted molar refractivity (Wildman–Crippen MR) is 83.3 cm³/mol. The average molecular weight is 314 g/mol. The summed E-state index contributed by atoms with van der Waals surface area (Å²) in [6, 6.07) is -0.440. The highest BCUT2D eigenvalue weighted by molar-refractivity contribution is 7.16. The first-order valence-corrected chi connectivity index (χ1v) is 7.48. The largest absolute Gasteiger partial charge is 0.478 e. The van der Waals surface area contributed by atoms with Crippen LogP contribution in [0.2, 0.25) is 0 Å². The summed E-state index contributed by atoms with van der Waals surface area (Å²) in [5, 5.41) is 23.8. The summed E-state index contributed by atoms with van der Waals surface area (Å²) in [6.07, 6.45) is 0.574. The molecule has 4 N–H and O–H groups in total. The molecule has 118 valence electrons. The summed E-state index contributed by atoms with van der Waals surface area (Å²) in [4.78, 5) is 24.0. The number of carboxylic acid groups (broad SMARTS) is 1. The number of hydrogen-bond acceptors (Lipinski definition) is 4. The minimum absolute atomic E-state index is 0.0583. The molecular weight excluding hydrogens is 292 g/mol. The van der Waals surface area contributed by atoms with Crippen molar-refractivity contribution in [2.24, 2.45) is 5.41 Å². The van der Waals surface area contributed by atoms with E-state index in [-0.39, 0.29) is 17.6 Å². The van der Waals surface area contributed by atoms with Crippen molar-refractivity contribution >= 4 is 28.3 Å². The lowest BCUT2D eigenvalue weighted by molar-refractivity contribution is 0.0697. The molecule has 0 bridgehead atoms. The van der Waals surface area contributed by atoms with Gasteiger partial charge in [-0.05, 0) is 31.2 Å². The van der Waals surface area contributed by atoms with Crippen LogP contribution in [-0.4, -0.2) is 35.4 Å². The van der Waals surface area contributed by atoms with Crippen LogP contribution in [-0.2, 0) is 0 Å². The van der Waals surface area contributed by atoms with Crippen LogP contribution in [0.15, 0.2) is 0 Å². The zero-order valence-corrected chi connectivity index (χ0v) is 13.6. The molecule has 1 aromatic heterocycles. The molecule has 7 heteroatoms. The highest BCUT2D eigenvalue weighted by Gasteiger charge is 2.22. The quantitative estimate of drug-likeness (QED) is 0.648. The lowest BCUT2D eigenvalue weighted by Crippen LogP contribution is -2.37. The summed E-state index contributed by atoms with van der Waals surface area (Å²) in [6.45, 7) is 7.87. The van der Waals surface area contributed by atoms with Crippen LogP contribution in [0, 0.1) is 19.3 Å². The number of rotatable bonds is 6. The summed E-state index contributed by atoms with van der Waals surface area (Å²) in [7, 11) is 0. The molecule has 0 unspecified atom stereocenters. The van der Waals surface area contributed by atoms with Gasteiger partial charge in [0.05, 0.1) is 5.56 Å². The summed E-state index contributed by atoms with van der Waals surface area (Å²) < 4.78 is 0. The summed E-state index contributed by atoms with van der Waals surface area (Å²) in [5.41, 5.74) is 0.592. The molecule has 0 atom stereocenters. The van der Waals surface area contributed by atoms with Gasteiger partial charge in [0, 0.05) is 18.0 Å². The number of anilines is 1. The molecule has 2 amide bonds. The predicted octanol–water partition coefficient (Wildman–Crippen LogP) is 2.59. The monoisotopic (exact) mass is 314 g/mol. The molecule has 0 radical (unpaired) electrons. The van der Waals surface area contributed by atoms with Gasteiger partial charge in [-0.2, -0.15) is 0 Å². The molecule has 0 spiro atoms. The van der Waals surface area contributed by atoms with Crippen molar-refractivity contribution in [3.05, 3.63) is 16.0 Å². The summed E-state index contributed by atoms with van der Waals surface area (Å²) >= 11 is 1.25. The van der Waals surface area contributed by atoms with Gasteiger partial charge in [-0.15, -0.1) is 11.3 Å². The van der Waals surface area contributed by atoms with Gasteiger partial charge in [-0.25, -0.2) is 9.59 Å². The Morgan fingerprint density at radius 3 is 2.43 bits per heavy atom. The Kier molecular flexibility index (Phi) is 5.74. The maximum Gasteiger partial charge on any atom is 0.338 e. The zero-order chi connectivity index (χ0) is 16.2. The third-order valence-electron chi connectivity index (χ3n) is 3.34. The van der Waals surface area contributed by atoms with Gasteiger partial charge < -0.3 is 15.5 Å². The molecule has 0 saturated carbocycles. The van der Waals surface area contributed by atoms with Crippen LogP contribution < -0.4 is 10.6 Å². The van der Waals surface area contributed by atoms with Crippen molar-refractivity contribution in [2.45, 2.75) is 34.1 Å². The molecule has 0 saturated heterocycles. The highest BCUT2D eigenvalue weighted by atomic mass is 32.1. The van der Waals surface area contributed by atoms with Crippen LogP contribution in [0.5, 0.6) is 0 Å². The van der Waals surface area contributed by atoms with E-state index in [9.17, 15) is 14.7 Å². The van der Waals surface area contributed by atoms with Crippen molar-refractivity contribution in [2.75, 3.05) is 18.5 Å². The number of urea groups is 1. The first kappa shape index (κ1) is 17.5. The molecular formula is C14H22N2O4S. The van der Waals surface area contributed by atoms with Crippen molar-refractivity contribution in [1.29, 1.82) is 0 Å². The van der Waals surface area contributed by atoms with E-state index in [4.69, 9.17) is 5.11 Å². The normalized spacial score (nSPS) is 11.3. The van der Waals surface area contributed by atoms with Crippen molar-refractivity contribution in [3.63, 3.8) is 0 Å². The number of amides is 2. The lowest BCUT2D eigenvalue weighted by Gasteiger charge is -2.23. The second-order valence-electron chi connectivity index (χ2n) is 5.74. The number of hydrogen-bond donors (Lipinski definition) is 4. The third-order valence-corrected chi connectivity index (χ3v) is 4.46. The van der Waals surface area contributed by atoms with E-state index in [1.54, 1.807) is 6.92 Å². The fourth-order valence-electron chi connectivity index (χ4n) is 1.83. The van der Waals surface area contributed by atoms with Gasteiger partial charge >= 0.3 is 12.0 Å². The van der Waals surface area contributed by atoms with E-state index < -0.39 is 12.0 Å². The number of aliphatic hydroxyl groups is 1. The third kappa shape index (κ3) is 4.71. The number of nitrogens with one attached hydrogen (secondary N) is 2. The Bertz CT molecular complexity index is 537. The van der Waals surface area contributed by atoms with Gasteiger partial charge in [0.25, 0.3) is 0 Å². The highest BCUT2D eigenvalue weighted by Crippen LogP contribution is 2.32. The topological polar surface area (TPSA) is 98.7 Å². The second-order valence-corrected chi connectivity index (χ2v) is 6.96. The molecule has 1 rings (SSSR count). The van der Waals surface area contributed by atoms with Crippen LogP contribution in [0.3, 0.4) is 0 Å². The molecule has 1 heterocycles. The number of aryl methyl sites for hydroxylation is 1. The Hall–Kier alpha value is -1.60. The number of thiophene rings is 1. The van der Waals surface area contributed by atoms with Gasteiger partial charge in [0.1, 0.15) is 5.00 Å². The molecule has 0 aromatic carbocycles. The minimum atomic E-state index is -1.05. The van der Waals surface area contributed by atoms with Gasteiger partial charge in [0.15, 0.2) is 0 Å². The van der Waals surface area contributed by atoms with E-state index in [0.717, 1.165) is 4.88 Å². The van der Waals surface area contributed by atoms with Crippen LogP contribution in [0.25, 0.3) is 0 Å². The molecule has 0 aliphatic rings. The Morgan fingerprint density at radius 2 is 1.90 bits per heavy atom. The Labute approximate surface area is 128 Å². The standard InChI is InChI=1S/C14H22N2O4S/c1-8-9(2)21-11(10(8)12(18)19)16-13(20)15-7-14(3,4)5-6-17/h17H,5-7H2,1-4H3,(H,18,19)(H2,15,16,20). The summed E-state index contributed by atoms with van der Waals surface area (Å²) in [5.74, 6) is -1.05. The molecule has 0 aliphatic heterocycles. The molecule has 6 nitrogen and oxygen atoms in total. The van der Waals surface area contributed by atoms with Gasteiger partial charge in [-0.3, -0.25) is 5.32 Å². The van der Waals surface area contributed by atoms with Crippen LogP contribution >= 0.6 is 11.3 Å². The molecule has 21 heavy (non-hydrogen) atoms. The van der Waals surface area contributed by atoms with Crippen molar-refractivity contribution < 1.29 is 19.8 Å². The van der Waals surface area contributed by atoms with E-state index in [0.29, 0.717) is 23.5 Å². The SMILES string of the molecule is Cc1sc(NC(=O)NCC(C)(C)CCO)c(C(=O)O)c1C. The molecule has 0 fully saturated rings. The van der Waals surface area contributed by atoms with E-state index in [1.165, 1.54) is 11.3 Å². The van der Waals surface area contributed by atoms with Crippen LogP contribution in [0.1, 0.15) is 41.1 Å². The van der Waals surface area contributed by atoms with Crippen LogP contribution in [0.4, 0.5) is 9.80 Å². The fraction of sp³-hybridized carbons (Fsp3) is 0.571. The fourth-order valence-corrected chi connectivity index (χ4v) is 2.88. The van der Waals surface area contributed by atoms with Gasteiger partial charge in [-0.1, -0.05) is 13.8 Å². The number of aromatic carboxylic acids is 1.